The van der Waals surface area contributed by atoms with E-state index in [4.69, 9.17) is 52.1 Å². The SMILES string of the molecule is CCC(CC)COc1cccc(O[C@H](C)CC)c1.CCC(CC)COc1cccc([C@H](O)[C@H](C)CC)c1.CCC(CC)[C@@H](O)c1cccc(OCC2CCCCC2)c1.CCCC(CCC)COc1cccc(O[C@H](C)CC)c1.CCCC(O)c1cccc(OCC2CC3CCC2C3)c1.CC[C@@H](C)Oc1cccc(OCC2CCCC2)c1.CC[C@@H](C)Oc1cccc(OCC2CCCCC2)c1. The molecule has 0 spiro atoms. The molecule has 0 radical (unpaired) electrons. The number of benzene rings is 7. The average molecular weight is 1870 g/mol. The van der Waals surface area contributed by atoms with Gasteiger partial charge in [0, 0.05) is 24.3 Å². The van der Waals surface area contributed by atoms with E-state index in [1.807, 2.05) is 170 Å². The van der Waals surface area contributed by atoms with Crippen LogP contribution >= 0.6 is 0 Å². The van der Waals surface area contributed by atoms with Crippen molar-refractivity contribution < 1.29 is 67.4 Å². The van der Waals surface area contributed by atoms with E-state index in [-0.39, 0.29) is 42.5 Å². The molecule has 0 aliphatic heterocycles. The Balaban J connectivity index is 0.000000242. The van der Waals surface area contributed by atoms with Gasteiger partial charge in [0.25, 0.3) is 0 Å². The Hall–Kier alpha value is -7.78. The van der Waals surface area contributed by atoms with Crippen LogP contribution < -0.4 is 52.1 Å². The smallest absolute Gasteiger partial charge is 0.123 e. The fraction of sp³-hybridized carbons (Fsp3) is 0.653. The van der Waals surface area contributed by atoms with E-state index < -0.39 is 6.10 Å². The van der Waals surface area contributed by atoms with Gasteiger partial charge in [0.05, 0.1) is 89.0 Å². The van der Waals surface area contributed by atoms with Crippen LogP contribution in [0.2, 0.25) is 0 Å². The van der Waals surface area contributed by atoms with Gasteiger partial charge in [0.15, 0.2) is 0 Å². The van der Waals surface area contributed by atoms with Gasteiger partial charge in [-0.05, 0) is 297 Å². The summed E-state index contributed by atoms with van der Waals surface area (Å²) < 4.78 is 64.6. The van der Waals surface area contributed by atoms with Crippen molar-refractivity contribution in [1.29, 1.82) is 0 Å². The van der Waals surface area contributed by atoms with Crippen molar-refractivity contribution in [3.8, 4) is 63.2 Å². The van der Waals surface area contributed by atoms with Gasteiger partial charge in [-0.2, -0.15) is 0 Å². The Labute approximate surface area is 822 Å². The fourth-order valence-electron chi connectivity index (χ4n) is 18.3. The third kappa shape index (κ3) is 46.7. The van der Waals surface area contributed by atoms with Crippen LogP contribution in [0.3, 0.4) is 0 Å². The second kappa shape index (κ2) is 69.1. The molecule has 2 bridgehead atoms. The molecule has 5 fully saturated rings. The largest absolute Gasteiger partial charge is 0.493 e. The molecule has 14 heteroatoms. The quantitative estimate of drug-likeness (QED) is 0.0330. The van der Waals surface area contributed by atoms with Gasteiger partial charge < -0.3 is 67.4 Å². The van der Waals surface area contributed by atoms with Crippen LogP contribution in [-0.4, -0.2) is 86.0 Å². The number of hydrogen-bond acceptors (Lipinski definition) is 14. The van der Waals surface area contributed by atoms with Crippen molar-refractivity contribution in [1.82, 2.24) is 0 Å². The molecule has 11 atom stereocenters. The number of fused-ring (bicyclic) bond motifs is 2. The second-order valence-electron chi connectivity index (χ2n) is 39.7. The Morgan fingerprint density at radius 3 is 0.904 bits per heavy atom. The van der Waals surface area contributed by atoms with Gasteiger partial charge in [0.1, 0.15) is 63.2 Å². The zero-order valence-corrected chi connectivity index (χ0v) is 88.1. The summed E-state index contributed by atoms with van der Waals surface area (Å²) >= 11 is 0. The van der Waals surface area contributed by atoms with Crippen LogP contribution in [0, 0.1) is 65.1 Å². The molecule has 4 unspecified atom stereocenters. The molecular weight excluding hydrogens is 1680 g/mol. The number of aliphatic hydroxyl groups is 3. The molecule has 5 saturated carbocycles. The number of hydrogen-bond donors (Lipinski definition) is 3. The lowest BCUT2D eigenvalue weighted by molar-refractivity contribution is 0.103. The minimum Gasteiger partial charge on any atom is -0.493 e. The van der Waals surface area contributed by atoms with Gasteiger partial charge in [-0.3, -0.25) is 0 Å². The fourth-order valence-corrected chi connectivity index (χ4v) is 18.3. The topological polar surface area (TPSA) is 162 Å². The van der Waals surface area contributed by atoms with E-state index in [1.54, 1.807) is 0 Å². The molecule has 5 aliphatic carbocycles. The summed E-state index contributed by atoms with van der Waals surface area (Å²) in [5.41, 5.74) is 2.93. The third-order valence-corrected chi connectivity index (χ3v) is 28.6. The molecule has 0 aromatic heterocycles. The first-order valence-electron chi connectivity index (χ1n) is 54.4. The van der Waals surface area contributed by atoms with E-state index >= 15 is 0 Å². The summed E-state index contributed by atoms with van der Waals surface area (Å²) in [7, 11) is 0. The van der Waals surface area contributed by atoms with Crippen molar-refractivity contribution in [2.45, 2.75) is 399 Å². The maximum absolute atomic E-state index is 10.5. The van der Waals surface area contributed by atoms with Crippen molar-refractivity contribution in [3.63, 3.8) is 0 Å². The predicted octanol–water partition coefficient (Wildman–Crippen LogP) is 33.4. The Morgan fingerprint density at radius 1 is 0.274 bits per heavy atom. The summed E-state index contributed by atoms with van der Waals surface area (Å²) in [4.78, 5) is 0. The van der Waals surface area contributed by atoms with Crippen molar-refractivity contribution in [2.24, 2.45) is 65.1 Å². The minimum atomic E-state index is -0.401. The lowest BCUT2D eigenvalue weighted by Gasteiger charge is -2.23. The van der Waals surface area contributed by atoms with Gasteiger partial charge in [-0.25, -0.2) is 0 Å². The summed E-state index contributed by atoms with van der Waals surface area (Å²) in [6.07, 6.45) is 42.8. The molecule has 5 aliphatic rings. The summed E-state index contributed by atoms with van der Waals surface area (Å²) in [5, 5.41) is 30.7. The molecule has 3 N–H and O–H groups in total. The highest BCUT2D eigenvalue weighted by molar-refractivity contribution is 5.37. The van der Waals surface area contributed by atoms with Crippen LogP contribution in [0.5, 0.6) is 63.2 Å². The van der Waals surface area contributed by atoms with Crippen LogP contribution in [0.25, 0.3) is 0 Å². The number of rotatable bonds is 51. The van der Waals surface area contributed by atoms with E-state index in [9.17, 15) is 15.3 Å². The highest BCUT2D eigenvalue weighted by Gasteiger charge is 2.40. The molecular formula is C121H190O14. The number of ether oxygens (including phenoxy) is 11. The van der Waals surface area contributed by atoms with Gasteiger partial charge in [0.2, 0.25) is 0 Å². The summed E-state index contributed by atoms with van der Waals surface area (Å²) in [5.74, 6) is 17.4. The molecule has 0 saturated heterocycles. The maximum Gasteiger partial charge on any atom is 0.123 e. The van der Waals surface area contributed by atoms with Gasteiger partial charge >= 0.3 is 0 Å². The minimum absolute atomic E-state index is 0.248. The highest BCUT2D eigenvalue weighted by Crippen LogP contribution is 2.49. The van der Waals surface area contributed by atoms with E-state index in [2.05, 4.69) is 132 Å². The van der Waals surface area contributed by atoms with Crippen LogP contribution in [0.1, 0.15) is 391 Å². The molecule has 135 heavy (non-hydrogen) atoms. The Kier molecular flexibility index (Phi) is 59.4. The molecule has 0 heterocycles. The zero-order chi connectivity index (χ0) is 97.8. The summed E-state index contributed by atoms with van der Waals surface area (Å²) in [6.45, 7) is 46.5. The molecule has 7 aromatic rings. The van der Waals surface area contributed by atoms with Crippen LogP contribution in [-0.2, 0) is 0 Å². The van der Waals surface area contributed by atoms with Crippen LogP contribution in [0.15, 0.2) is 170 Å². The molecule has 0 amide bonds. The second-order valence-corrected chi connectivity index (χ2v) is 39.7. The highest BCUT2D eigenvalue weighted by atomic mass is 16.5. The molecule has 12 rings (SSSR count). The third-order valence-electron chi connectivity index (χ3n) is 28.6. The predicted molar refractivity (Wildman–Crippen MR) is 564 cm³/mol. The lowest BCUT2D eigenvalue weighted by Crippen LogP contribution is -2.18. The first-order valence-corrected chi connectivity index (χ1v) is 54.4. The van der Waals surface area contributed by atoms with Crippen molar-refractivity contribution >= 4 is 0 Å². The van der Waals surface area contributed by atoms with E-state index in [1.165, 1.54) is 154 Å². The van der Waals surface area contributed by atoms with Crippen molar-refractivity contribution in [2.75, 3.05) is 46.2 Å². The normalized spacial score (nSPS) is 17.6. The van der Waals surface area contributed by atoms with Crippen LogP contribution in [0.4, 0.5) is 0 Å². The maximum atomic E-state index is 10.5. The number of aliphatic hydroxyl groups excluding tert-OH is 3. The Bertz CT molecular complexity index is 4020. The molecule has 758 valence electrons. The van der Waals surface area contributed by atoms with Gasteiger partial charge in [-0.15, -0.1) is 0 Å². The Morgan fingerprint density at radius 2 is 0.578 bits per heavy atom. The average Bonchev–Trinajstić information content (AvgIpc) is 1.66. The van der Waals surface area contributed by atoms with E-state index in [0.717, 1.165) is 226 Å². The monoisotopic (exact) mass is 1870 g/mol. The zero-order valence-electron chi connectivity index (χ0n) is 88.1. The first-order chi connectivity index (χ1) is 65.5. The van der Waals surface area contributed by atoms with E-state index in [0.29, 0.717) is 29.6 Å². The van der Waals surface area contributed by atoms with Gasteiger partial charge in [-0.1, -0.05) is 287 Å². The summed E-state index contributed by atoms with van der Waals surface area (Å²) in [6, 6.07) is 55.9. The lowest BCUT2D eigenvalue weighted by atomic mass is 9.89. The molecule has 7 aromatic carbocycles. The standard InChI is InChI=1S/C19H30O2.C18H26O2.C18H30O2.C17H26O2.C17H28O2.C16H24O2.C16H26O2/c1-3-16(4-2)19(20)17-11-8-12-18(13-17)21-14-15-9-6-5-7-10-15;1-2-4-18(19)15-5-3-6-17(11-15)20-12-16-10-13-7-8-14(16)9-13;1-5-9-16(10-6-2)14-19-17-11-8-12-18(13-17)20-15(4)7-3;1-3-14(2)19-17-11-7-10-16(12-17)18-13-15-8-5-4-6-9-15;1-5-13(4)17(18)15-9-8-10-16(11-15)19-12-14(6-2)7-3;1-3-13(2)18-16-10-6-9-15(11-16)17-12-14-7-4-5-8-14;1-5-13(4)18-16-10-8-9-15(11-16)17-12-14(6-2)7-3/h8,11-13,15-16,19-20H,3-7,9-10,14H2,1-2H3;3,5-6,11,13-14,16,18-19H,2,4,7-10,12H2,1H3;8,11-13,15-16H,5-7,9-10,14H2,1-4H3;7,10-12,14-15H,3-6,8-9,13H2,1-2H3;8-11,13-14,17-18H,5-7,12H2,1-4H3;6,9-11,13-14H,3-5,7-8,12H2,1-2H3;8-11,13-14H,5-7,12H2,1-4H3/t19-;;15-;14-;13-,17-;2*13-/m1.11111/s1. The first kappa shape index (κ1) is 116. The molecule has 14 nitrogen and oxygen atoms in total. The van der Waals surface area contributed by atoms with Crippen molar-refractivity contribution in [3.05, 3.63) is 187 Å².